The molecule has 28 heteroatoms. The quantitative estimate of drug-likeness (QED) is 0.0214. The summed E-state index contributed by atoms with van der Waals surface area (Å²) in [6.07, 6.45) is 1.14. The molecule has 0 spiro atoms. The van der Waals surface area contributed by atoms with Gasteiger partial charge in [-0.15, -0.1) is 0 Å². The summed E-state index contributed by atoms with van der Waals surface area (Å²) < 4.78 is 36.8. The average molecular weight is 1700 g/mol. The topological polar surface area (TPSA) is 307 Å². The molecular formula is C86H132BIN8O18. The molecule has 634 valence electrons. The normalized spacial score (nSPS) is 29.0. The van der Waals surface area contributed by atoms with Gasteiger partial charge in [-0.1, -0.05) is 86.7 Å². The minimum absolute atomic E-state index is 0. The van der Waals surface area contributed by atoms with Gasteiger partial charge in [0.2, 0.25) is 11.8 Å². The van der Waals surface area contributed by atoms with E-state index in [-0.39, 0.29) is 75.1 Å². The number of anilines is 2. The fourth-order valence-electron chi connectivity index (χ4n) is 18.7. The van der Waals surface area contributed by atoms with Crippen molar-refractivity contribution in [3.8, 4) is 22.6 Å². The van der Waals surface area contributed by atoms with Crippen LogP contribution in [0.5, 0.6) is 11.5 Å². The first kappa shape index (κ1) is 92.1. The minimum atomic E-state index is -1.03. The second kappa shape index (κ2) is 38.5. The monoisotopic (exact) mass is 1700 g/mol. The summed E-state index contributed by atoms with van der Waals surface area (Å²) >= 11 is 2.28. The molecule has 0 radical (unpaired) electrons. The molecule has 6 saturated carbocycles. The smallest absolute Gasteiger partial charge is 0.491 e. The molecule has 114 heavy (non-hydrogen) atoms. The predicted octanol–water partition coefficient (Wildman–Crippen LogP) is 9.17. The summed E-state index contributed by atoms with van der Waals surface area (Å²) in [5.74, 6) is 0.815. The summed E-state index contributed by atoms with van der Waals surface area (Å²) in [4.78, 5) is 72.6. The Kier molecular flexibility index (Phi) is 31.1. The molecule has 2 unspecified atom stereocenters. The number of para-hydroxylation sites is 2. The molecule has 4 aromatic rings. The minimum Gasteiger partial charge on any atom is -0.491 e. The van der Waals surface area contributed by atoms with Gasteiger partial charge in [0.05, 0.1) is 90.8 Å². The largest absolute Gasteiger partial charge is 0.494 e. The lowest BCUT2D eigenvalue weighted by Gasteiger charge is -2.62. The lowest BCUT2D eigenvalue weighted by molar-refractivity contribution is -0.183. The Hall–Kier alpha value is -5.81. The number of carboxylic acid groups (broad SMARTS) is 2. The lowest BCUT2D eigenvalue weighted by atomic mass is 9.45. The van der Waals surface area contributed by atoms with Crippen LogP contribution in [0.3, 0.4) is 0 Å². The Bertz CT molecular complexity index is 3900. The maximum Gasteiger partial charge on any atom is 0.494 e. The Labute approximate surface area is 690 Å². The third-order valence-corrected chi connectivity index (χ3v) is 27.5. The number of aromatic carboxylic acids is 2. The predicted molar refractivity (Wildman–Crippen MR) is 450 cm³/mol. The summed E-state index contributed by atoms with van der Waals surface area (Å²) in [5, 5.41) is 71.4. The van der Waals surface area contributed by atoms with Crippen LogP contribution >= 0.6 is 22.6 Å². The standard InChI is InChI=1S/C39H56N4O8.C30H46IN3O6.C15H22BNO4.2CH4/c1-23-31-19-28(39(31,3)4)20-32(23)40-37(46)35-34(24(2)45)33(22-44)51-43(35)21-25-8-7-9-30(36(25)50-15-12-42-10-13-49-14-11-42)26-16-27(38(47)48)18-29(17-26)41(5)6;1-18-22-14-21(30(22,3)4)15-24(18)32-29(37)27-26(19(2)36)25(17-35)40-34(27)16-20-6-5-7-23(31)28(20)39-13-10-33-8-11-38-12-9-33;1-14(2)15(3,4)21-16(20-14)11-7-10(13(18)19)8-12(9-11)17(5)6;;/h7-9,16-18,23-24,28,31-35,44-45H,10-15,19-22H2,1-6H3,(H,40,46)(H,47,48);5-7,18-19,21-22,24-27,35-36H,8-17H2,1-4H3,(H,32,37);7-9H,1-6H3,(H,18,19);2*1H4/t23-,24-,28?,31-,32-,33-,34+,35-;18-,19-,21?,22-,24-,25-,26+,27-;;;/m00.../s1. The number of nitrogens with zero attached hydrogens (tertiary/aromatic N) is 6. The van der Waals surface area contributed by atoms with E-state index in [1.54, 1.807) is 48.2 Å². The van der Waals surface area contributed by atoms with Gasteiger partial charge in [-0.05, 0) is 190 Å². The molecule has 4 aromatic carbocycles. The molecule has 5 aliphatic heterocycles. The van der Waals surface area contributed by atoms with Gasteiger partial charge < -0.3 is 79.3 Å². The second-order valence-corrected chi connectivity index (χ2v) is 36.3. The first-order valence-corrected chi connectivity index (χ1v) is 41.3. The zero-order chi connectivity index (χ0) is 81.2. The fourth-order valence-corrected chi connectivity index (χ4v) is 19.4. The van der Waals surface area contributed by atoms with Crippen molar-refractivity contribution in [2.24, 2.45) is 58.2 Å². The number of aliphatic hydroxyl groups is 4. The van der Waals surface area contributed by atoms with Crippen LogP contribution in [0, 0.1) is 61.7 Å². The number of hydroxylamine groups is 4. The van der Waals surface area contributed by atoms with Gasteiger partial charge in [-0.25, -0.2) is 9.59 Å². The van der Waals surface area contributed by atoms with Gasteiger partial charge in [0.1, 0.15) is 49.0 Å². The summed E-state index contributed by atoms with van der Waals surface area (Å²) in [7, 11) is 6.91. The zero-order valence-corrected chi connectivity index (χ0v) is 70.7. The number of rotatable bonds is 26. The SMILES string of the molecule is C.C.CN(C)c1cc(B2OC(C)(C)C(C)(C)O2)cc(C(=O)O)c1.C[C@@H]1[C@@H](NC(=O)[C@@H]2[C@H]([C@H](C)O)[C@H](CO)ON2Cc2cccc(-c3cc(C(=O)O)cc(N(C)C)c3)c2OCCN2CCOCC2)CC2C[C@@H]1C2(C)C.C[C@@H]1[C@@H](NC(=O)[C@@H]2[C@H]([C@H](C)O)[C@H](CO)ON2Cc2cccc(I)c2OCCN2CCOCC2)CC2C[C@@H]1C2(C)C. The third-order valence-electron chi connectivity index (χ3n) is 26.7. The maximum atomic E-state index is 14.3. The number of morpholine rings is 2. The number of amides is 2. The van der Waals surface area contributed by atoms with Crippen molar-refractivity contribution in [3.05, 3.63) is 98.6 Å². The number of hydrogen-bond donors (Lipinski definition) is 8. The Morgan fingerprint density at radius 1 is 0.588 bits per heavy atom. The number of benzene rings is 4. The molecule has 5 saturated heterocycles. The maximum absolute atomic E-state index is 14.3. The van der Waals surface area contributed by atoms with Crippen LogP contribution in [-0.4, -0.2) is 262 Å². The van der Waals surface area contributed by atoms with E-state index in [4.69, 9.17) is 37.9 Å². The Morgan fingerprint density at radius 3 is 1.40 bits per heavy atom. The van der Waals surface area contributed by atoms with E-state index in [1.165, 1.54) is 12.8 Å². The first-order chi connectivity index (χ1) is 52.9. The fraction of sp³-hybridized carbons (Fsp3) is 0.674. The number of nitrogens with one attached hydrogen (secondary N) is 2. The van der Waals surface area contributed by atoms with Crippen LogP contribution in [0.2, 0.25) is 0 Å². The molecule has 2 amide bonds. The van der Waals surface area contributed by atoms with Crippen LogP contribution in [0.1, 0.15) is 155 Å². The highest BCUT2D eigenvalue weighted by molar-refractivity contribution is 14.1. The zero-order valence-electron chi connectivity index (χ0n) is 68.5. The number of halogens is 1. The van der Waals surface area contributed by atoms with E-state index in [0.717, 1.165) is 96.1 Å². The number of carboxylic acids is 2. The van der Waals surface area contributed by atoms with E-state index in [0.29, 0.717) is 97.3 Å². The van der Waals surface area contributed by atoms with Crippen molar-refractivity contribution in [1.29, 1.82) is 0 Å². The van der Waals surface area contributed by atoms with Crippen molar-refractivity contribution >= 4 is 70.3 Å². The average Bonchev–Trinajstić information content (AvgIpc) is 0.981. The van der Waals surface area contributed by atoms with Gasteiger partial charge in [0.15, 0.2) is 0 Å². The van der Waals surface area contributed by atoms with Gasteiger partial charge in [-0.3, -0.25) is 29.1 Å². The molecule has 4 bridgehead atoms. The van der Waals surface area contributed by atoms with E-state index < -0.39 is 78.6 Å². The Balaban J connectivity index is 0.000000210. The summed E-state index contributed by atoms with van der Waals surface area (Å²) in [6.45, 7) is 33.5. The highest BCUT2D eigenvalue weighted by Crippen LogP contribution is 2.62. The van der Waals surface area contributed by atoms with Crippen molar-refractivity contribution in [2.75, 3.05) is 130 Å². The van der Waals surface area contributed by atoms with E-state index in [9.17, 15) is 49.8 Å². The molecule has 11 aliphatic rings. The third kappa shape index (κ3) is 20.2. The molecule has 15 rings (SSSR count). The van der Waals surface area contributed by atoms with Gasteiger partial charge in [0, 0.05) is 119 Å². The van der Waals surface area contributed by atoms with Crippen LogP contribution in [0.15, 0.2) is 72.8 Å². The molecule has 8 N–H and O–H groups in total. The van der Waals surface area contributed by atoms with Gasteiger partial charge >= 0.3 is 19.1 Å². The molecule has 16 atom stereocenters. The Morgan fingerprint density at radius 2 is 1.00 bits per heavy atom. The number of aliphatic hydroxyl groups excluding tert-OH is 4. The highest BCUT2D eigenvalue weighted by Gasteiger charge is 2.60. The van der Waals surface area contributed by atoms with Crippen LogP contribution < -0.4 is 35.4 Å². The van der Waals surface area contributed by atoms with Crippen molar-refractivity contribution < 1.29 is 87.7 Å². The first-order valence-electron chi connectivity index (χ1n) is 40.2. The molecule has 5 heterocycles. The van der Waals surface area contributed by atoms with Gasteiger partial charge in [0.25, 0.3) is 0 Å². The van der Waals surface area contributed by atoms with Crippen molar-refractivity contribution in [1.82, 2.24) is 30.6 Å². The van der Waals surface area contributed by atoms with Gasteiger partial charge in [-0.2, -0.15) is 10.1 Å². The van der Waals surface area contributed by atoms with Crippen LogP contribution in [0.25, 0.3) is 11.1 Å². The van der Waals surface area contributed by atoms with E-state index in [1.807, 2.05) is 114 Å². The number of ether oxygens (including phenoxy) is 4. The number of carbonyl (C=O) groups excluding carboxylic acids is 2. The van der Waals surface area contributed by atoms with Crippen LogP contribution in [-0.2, 0) is 51.1 Å². The molecular weight excluding hydrogens is 1570 g/mol. The number of fused-ring (bicyclic) bond motifs is 4. The number of carbonyl (C=O) groups is 4. The molecule has 26 nitrogen and oxygen atoms in total. The summed E-state index contributed by atoms with van der Waals surface area (Å²) in [6, 6.07) is 20.6. The molecule has 11 fully saturated rings. The lowest BCUT2D eigenvalue weighted by Crippen LogP contribution is -2.62. The van der Waals surface area contributed by atoms with E-state index in [2.05, 4.69) is 84.6 Å². The molecule has 6 aliphatic carbocycles. The second-order valence-electron chi connectivity index (χ2n) is 35.2. The molecule has 0 aromatic heterocycles. The highest BCUT2D eigenvalue weighted by atomic mass is 127. The number of hydrogen-bond acceptors (Lipinski definition) is 22. The van der Waals surface area contributed by atoms with Crippen molar-refractivity contribution in [2.45, 2.75) is 196 Å². The van der Waals surface area contributed by atoms with Crippen LogP contribution in [0.4, 0.5) is 11.4 Å². The van der Waals surface area contributed by atoms with Crippen molar-refractivity contribution in [3.63, 3.8) is 0 Å². The van der Waals surface area contributed by atoms with E-state index >= 15 is 0 Å². The summed E-state index contributed by atoms with van der Waals surface area (Å²) in [5.41, 5.74) is 5.38.